The molecule has 7 nitrogen and oxygen atoms in total. The summed E-state index contributed by atoms with van der Waals surface area (Å²) < 4.78 is 0. The number of para-hydroxylation sites is 2. The number of aromatic nitrogens is 3. The van der Waals surface area contributed by atoms with E-state index in [2.05, 4.69) is 25.6 Å². The minimum absolute atomic E-state index is 0.0958. The molecule has 0 radical (unpaired) electrons. The van der Waals surface area contributed by atoms with Gasteiger partial charge in [-0.05, 0) is 35.9 Å². The molecule has 3 rings (SSSR count). The number of nitrogens with zero attached hydrogens (tertiary/aromatic N) is 3. The highest BCUT2D eigenvalue weighted by Gasteiger charge is 2.14. The van der Waals surface area contributed by atoms with Crippen molar-refractivity contribution in [2.45, 2.75) is 10.3 Å². The lowest BCUT2D eigenvalue weighted by Gasteiger charge is -2.06. The second-order valence-electron chi connectivity index (χ2n) is 4.93. The number of rotatable bonds is 4. The van der Waals surface area contributed by atoms with E-state index in [4.69, 9.17) is 11.6 Å². The fraction of sp³-hybridized carbons (Fsp3) is 0. The molecule has 10 heteroatoms. The smallest absolute Gasteiger partial charge is 0.291 e. The Labute approximate surface area is 168 Å². The standard InChI is InChI=1S/C17H12ClN5O2S2/c18-13-21-14(26-16(24)19-11-7-3-1-4-8-11)23-15(22-13)27-17(25)20-12-9-5-2-6-10-12/h1-10H,(H,19,24)(H,20,25). The Morgan fingerprint density at radius 3 is 1.52 bits per heavy atom. The minimum Gasteiger partial charge on any atom is -0.316 e. The summed E-state index contributed by atoms with van der Waals surface area (Å²) in [5, 5.41) is 4.72. The van der Waals surface area contributed by atoms with E-state index in [0.29, 0.717) is 11.4 Å². The summed E-state index contributed by atoms with van der Waals surface area (Å²) in [6, 6.07) is 17.9. The predicted molar refractivity (Wildman–Crippen MR) is 107 cm³/mol. The van der Waals surface area contributed by atoms with Gasteiger partial charge < -0.3 is 10.6 Å². The van der Waals surface area contributed by atoms with Crippen molar-refractivity contribution in [1.29, 1.82) is 0 Å². The normalized spacial score (nSPS) is 10.3. The molecule has 0 spiro atoms. The van der Waals surface area contributed by atoms with Gasteiger partial charge >= 0.3 is 0 Å². The van der Waals surface area contributed by atoms with E-state index < -0.39 is 0 Å². The maximum absolute atomic E-state index is 12.1. The number of benzene rings is 2. The third-order valence-corrected chi connectivity index (χ3v) is 4.45. The van der Waals surface area contributed by atoms with Gasteiger partial charge in [-0.15, -0.1) is 0 Å². The topological polar surface area (TPSA) is 96.9 Å². The summed E-state index contributed by atoms with van der Waals surface area (Å²) >= 11 is 7.40. The number of hydrogen-bond acceptors (Lipinski definition) is 7. The lowest BCUT2D eigenvalue weighted by atomic mass is 10.3. The molecule has 136 valence electrons. The Hall–Kier alpha value is -2.62. The van der Waals surface area contributed by atoms with Crippen molar-refractivity contribution in [2.24, 2.45) is 0 Å². The van der Waals surface area contributed by atoms with Crippen LogP contribution in [0.4, 0.5) is 21.0 Å². The number of carbonyl (C=O) groups is 2. The zero-order valence-corrected chi connectivity index (χ0v) is 16.0. The van der Waals surface area contributed by atoms with Crippen molar-refractivity contribution in [2.75, 3.05) is 10.6 Å². The quantitative estimate of drug-likeness (QED) is 0.565. The number of carbonyl (C=O) groups excluding carboxylic acids is 2. The first-order chi connectivity index (χ1) is 13.1. The van der Waals surface area contributed by atoms with Gasteiger partial charge in [-0.3, -0.25) is 9.59 Å². The third-order valence-electron chi connectivity index (χ3n) is 2.98. The molecule has 1 aromatic heterocycles. The molecule has 0 unspecified atom stereocenters. The molecule has 0 aliphatic carbocycles. The molecule has 0 saturated heterocycles. The van der Waals surface area contributed by atoms with Gasteiger partial charge in [-0.2, -0.15) is 15.0 Å². The lowest BCUT2D eigenvalue weighted by molar-refractivity contribution is 0.269. The van der Waals surface area contributed by atoms with Crippen molar-refractivity contribution < 1.29 is 9.59 Å². The fourth-order valence-electron chi connectivity index (χ4n) is 1.90. The van der Waals surface area contributed by atoms with E-state index in [-0.39, 0.29) is 26.1 Å². The Morgan fingerprint density at radius 2 is 1.11 bits per heavy atom. The van der Waals surface area contributed by atoms with Crippen LogP contribution in [0, 0.1) is 0 Å². The van der Waals surface area contributed by atoms with E-state index in [9.17, 15) is 9.59 Å². The molecule has 0 bridgehead atoms. The molecule has 0 saturated carbocycles. The number of halogens is 1. The van der Waals surface area contributed by atoms with E-state index in [1.54, 1.807) is 48.5 Å². The summed E-state index contributed by atoms with van der Waals surface area (Å²) in [6.45, 7) is 0. The van der Waals surface area contributed by atoms with E-state index in [1.807, 2.05) is 12.1 Å². The van der Waals surface area contributed by atoms with Crippen LogP contribution in [0.15, 0.2) is 71.0 Å². The van der Waals surface area contributed by atoms with E-state index >= 15 is 0 Å². The van der Waals surface area contributed by atoms with Crippen LogP contribution in [0.3, 0.4) is 0 Å². The molecule has 2 N–H and O–H groups in total. The highest BCUT2D eigenvalue weighted by Crippen LogP contribution is 2.23. The Balaban J connectivity index is 1.63. The van der Waals surface area contributed by atoms with Crippen LogP contribution in [-0.2, 0) is 0 Å². The second-order valence-corrected chi connectivity index (χ2v) is 7.15. The molecule has 27 heavy (non-hydrogen) atoms. The van der Waals surface area contributed by atoms with Crippen molar-refractivity contribution in [3.05, 3.63) is 65.9 Å². The SMILES string of the molecule is O=C(Nc1ccccc1)Sc1nc(Cl)nc(SC(=O)Nc2ccccc2)n1. The molecule has 0 aliphatic heterocycles. The van der Waals surface area contributed by atoms with Crippen LogP contribution in [0.1, 0.15) is 0 Å². The van der Waals surface area contributed by atoms with E-state index in [1.165, 1.54) is 0 Å². The van der Waals surface area contributed by atoms with Crippen molar-refractivity contribution in [3.63, 3.8) is 0 Å². The molecule has 0 atom stereocenters. The van der Waals surface area contributed by atoms with Crippen LogP contribution >= 0.6 is 35.1 Å². The fourth-order valence-corrected chi connectivity index (χ4v) is 3.42. The highest BCUT2D eigenvalue weighted by atomic mass is 35.5. The largest absolute Gasteiger partial charge is 0.316 e. The third kappa shape index (κ3) is 6.24. The molecular weight excluding hydrogens is 406 g/mol. The maximum Gasteiger partial charge on any atom is 0.291 e. The second kappa shape index (κ2) is 9.36. The molecule has 1 heterocycles. The first-order valence-electron chi connectivity index (χ1n) is 7.58. The first-order valence-corrected chi connectivity index (χ1v) is 9.59. The Kier molecular flexibility index (Phi) is 6.64. The summed E-state index contributed by atoms with van der Waals surface area (Å²) in [7, 11) is 0. The van der Waals surface area contributed by atoms with Gasteiger partial charge in [0.15, 0.2) is 0 Å². The summed E-state index contributed by atoms with van der Waals surface area (Å²) in [5.74, 6) is 0. The lowest BCUT2D eigenvalue weighted by Crippen LogP contribution is -2.08. The summed E-state index contributed by atoms with van der Waals surface area (Å²) in [5.41, 5.74) is 1.29. The average molecular weight is 418 g/mol. The predicted octanol–water partition coefficient (Wildman–Crippen LogP) is 5.17. The van der Waals surface area contributed by atoms with Gasteiger partial charge in [-0.25, -0.2) is 0 Å². The number of anilines is 2. The van der Waals surface area contributed by atoms with Crippen LogP contribution in [0.5, 0.6) is 0 Å². The molecule has 2 amide bonds. The van der Waals surface area contributed by atoms with Gasteiger partial charge in [0.05, 0.1) is 0 Å². The summed E-state index contributed by atoms with van der Waals surface area (Å²) in [6.07, 6.45) is 0. The van der Waals surface area contributed by atoms with Crippen molar-refractivity contribution >= 4 is 57.0 Å². The summed E-state index contributed by atoms with van der Waals surface area (Å²) in [4.78, 5) is 36.1. The molecule has 0 aliphatic rings. The Morgan fingerprint density at radius 1 is 0.704 bits per heavy atom. The minimum atomic E-state index is -0.381. The van der Waals surface area contributed by atoms with Gasteiger partial charge in [0.2, 0.25) is 15.6 Å². The number of thioether (sulfide) groups is 2. The zero-order chi connectivity index (χ0) is 19.1. The maximum atomic E-state index is 12.1. The number of nitrogens with one attached hydrogen (secondary N) is 2. The van der Waals surface area contributed by atoms with Gasteiger partial charge in [0.25, 0.3) is 10.5 Å². The molecule has 0 fully saturated rings. The van der Waals surface area contributed by atoms with Gasteiger partial charge in [0.1, 0.15) is 0 Å². The van der Waals surface area contributed by atoms with Gasteiger partial charge in [0, 0.05) is 34.9 Å². The van der Waals surface area contributed by atoms with Crippen LogP contribution in [0.25, 0.3) is 0 Å². The zero-order valence-electron chi connectivity index (χ0n) is 13.6. The molecule has 2 aromatic carbocycles. The van der Waals surface area contributed by atoms with E-state index in [0.717, 1.165) is 23.5 Å². The molecule has 3 aromatic rings. The highest BCUT2D eigenvalue weighted by molar-refractivity contribution is 8.14. The van der Waals surface area contributed by atoms with Crippen molar-refractivity contribution in [1.82, 2.24) is 15.0 Å². The van der Waals surface area contributed by atoms with Crippen LogP contribution < -0.4 is 10.6 Å². The number of hydrogen-bond donors (Lipinski definition) is 2. The first kappa shape index (κ1) is 19.2. The Bertz CT molecular complexity index is 871. The van der Waals surface area contributed by atoms with Gasteiger partial charge in [-0.1, -0.05) is 36.4 Å². The van der Waals surface area contributed by atoms with Crippen LogP contribution in [-0.4, -0.2) is 25.4 Å². The van der Waals surface area contributed by atoms with Crippen molar-refractivity contribution in [3.8, 4) is 0 Å². The van der Waals surface area contributed by atoms with Crippen LogP contribution in [0.2, 0.25) is 5.28 Å². The monoisotopic (exact) mass is 417 g/mol. The average Bonchev–Trinajstić information content (AvgIpc) is 2.62. The number of amides is 2. The molecular formula is C17H12ClN5O2S2.